The van der Waals surface area contributed by atoms with Gasteiger partial charge in [0.25, 0.3) is 5.91 Å². The van der Waals surface area contributed by atoms with E-state index in [4.69, 9.17) is 0 Å². The van der Waals surface area contributed by atoms with Crippen LogP contribution in [0.2, 0.25) is 0 Å². The third-order valence-corrected chi connectivity index (χ3v) is 7.83. The maximum Gasteiger partial charge on any atom is 0.417 e. The lowest BCUT2D eigenvalue weighted by Gasteiger charge is -2.19. The Balaban J connectivity index is 1.88. The molecule has 1 amide bonds. The van der Waals surface area contributed by atoms with Crippen molar-refractivity contribution in [1.29, 1.82) is 0 Å². The van der Waals surface area contributed by atoms with E-state index in [0.717, 1.165) is 6.07 Å². The highest BCUT2D eigenvalue weighted by atomic mass is 32.2. The topological polar surface area (TPSA) is 83.5 Å². The predicted molar refractivity (Wildman–Crippen MR) is 133 cm³/mol. The molecule has 0 aromatic heterocycles. The highest BCUT2D eigenvalue weighted by Gasteiger charge is 2.33. The highest BCUT2D eigenvalue weighted by Crippen LogP contribution is 2.38. The zero-order valence-electron chi connectivity index (χ0n) is 20.4. The number of alkyl halides is 3. The molecule has 3 aromatic carbocycles. The Labute approximate surface area is 208 Å². The van der Waals surface area contributed by atoms with Crippen molar-refractivity contribution in [1.82, 2.24) is 0 Å². The van der Waals surface area contributed by atoms with Gasteiger partial charge in [-0.25, -0.2) is 8.42 Å². The number of hydrogen-bond acceptors (Lipinski definition) is 4. The van der Waals surface area contributed by atoms with E-state index in [1.807, 2.05) is 20.8 Å². The van der Waals surface area contributed by atoms with Gasteiger partial charge in [-0.1, -0.05) is 45.0 Å². The summed E-state index contributed by atoms with van der Waals surface area (Å²) in [5.41, 5.74) is 0.0131. The van der Waals surface area contributed by atoms with Crippen LogP contribution in [0.4, 0.5) is 18.9 Å². The summed E-state index contributed by atoms with van der Waals surface area (Å²) < 4.78 is 65.9. The number of halogens is 3. The molecule has 5 nitrogen and oxygen atoms in total. The first-order valence-electron chi connectivity index (χ1n) is 11.2. The molecule has 0 aliphatic heterocycles. The summed E-state index contributed by atoms with van der Waals surface area (Å²) >= 11 is 0. The van der Waals surface area contributed by atoms with Crippen LogP contribution >= 0.6 is 0 Å². The van der Waals surface area contributed by atoms with Gasteiger partial charge in [0, 0.05) is 11.3 Å². The number of benzene rings is 3. The Bertz CT molecular complexity index is 1390. The number of sulfone groups is 1. The van der Waals surface area contributed by atoms with E-state index in [1.165, 1.54) is 54.6 Å². The maximum absolute atomic E-state index is 13.5. The lowest BCUT2D eigenvalue weighted by Crippen LogP contribution is -2.21. The van der Waals surface area contributed by atoms with Crippen LogP contribution in [0.5, 0.6) is 0 Å². The predicted octanol–water partition coefficient (Wildman–Crippen LogP) is 6.25. The fraction of sp³-hybridized carbons (Fsp3) is 0.296. The van der Waals surface area contributed by atoms with Gasteiger partial charge in [0.15, 0.2) is 9.84 Å². The number of aliphatic hydroxyl groups is 1. The van der Waals surface area contributed by atoms with Crippen LogP contribution in [0.15, 0.2) is 65.6 Å². The Morgan fingerprint density at radius 2 is 1.61 bits per heavy atom. The van der Waals surface area contributed by atoms with Crippen LogP contribution in [0, 0.1) is 12.3 Å². The van der Waals surface area contributed by atoms with Crippen LogP contribution in [0.25, 0.3) is 11.1 Å². The third-order valence-electron chi connectivity index (χ3n) is 5.45. The average Bonchev–Trinajstić information content (AvgIpc) is 2.76. The van der Waals surface area contributed by atoms with E-state index >= 15 is 0 Å². The van der Waals surface area contributed by atoms with Crippen molar-refractivity contribution in [2.75, 3.05) is 11.1 Å². The summed E-state index contributed by atoms with van der Waals surface area (Å²) in [4.78, 5) is 13.0. The second-order valence-corrected chi connectivity index (χ2v) is 11.8. The van der Waals surface area contributed by atoms with E-state index in [0.29, 0.717) is 5.56 Å². The minimum atomic E-state index is -4.57. The summed E-state index contributed by atoms with van der Waals surface area (Å²) in [6, 6.07) is 13.7. The van der Waals surface area contributed by atoms with Crippen LogP contribution in [-0.2, 0) is 22.6 Å². The summed E-state index contributed by atoms with van der Waals surface area (Å²) in [6.07, 6.45) is -4.57. The molecule has 0 atom stereocenters. The van der Waals surface area contributed by atoms with Crippen molar-refractivity contribution in [3.63, 3.8) is 0 Å². The molecular weight excluding hydrogens is 491 g/mol. The monoisotopic (exact) mass is 519 g/mol. The Morgan fingerprint density at radius 1 is 0.944 bits per heavy atom. The van der Waals surface area contributed by atoms with E-state index < -0.39 is 39.5 Å². The zero-order chi connectivity index (χ0) is 26.9. The van der Waals surface area contributed by atoms with Gasteiger partial charge in [-0.3, -0.25) is 4.79 Å². The first kappa shape index (κ1) is 27.4. The molecule has 0 saturated carbocycles. The molecule has 192 valence electrons. The number of carbonyl (C=O) groups excluding carboxylic acids is 1. The molecule has 0 heterocycles. The van der Waals surface area contributed by atoms with Crippen molar-refractivity contribution < 1.29 is 31.5 Å². The van der Waals surface area contributed by atoms with Gasteiger partial charge in [0.1, 0.15) is 0 Å². The van der Waals surface area contributed by atoms with Crippen molar-refractivity contribution >= 4 is 21.4 Å². The van der Waals surface area contributed by atoms with Crippen molar-refractivity contribution in [3.8, 4) is 11.1 Å². The van der Waals surface area contributed by atoms with Crippen molar-refractivity contribution in [2.45, 2.75) is 45.4 Å². The standard InChI is InChI=1S/C27H28F3NO4S/c1-17-13-18(9-12-24(17)36(34,35)16-26(2,3)4)25(33)31-20-10-11-21(19(14-20)15-32)22-7-5-6-8-23(22)27(28,29)30/h5-14,32H,15-16H2,1-4H3,(H,31,33). The zero-order valence-corrected chi connectivity index (χ0v) is 21.2. The van der Waals surface area contributed by atoms with Crippen LogP contribution in [-0.4, -0.2) is 25.2 Å². The summed E-state index contributed by atoms with van der Waals surface area (Å²) in [6.45, 7) is 6.56. The molecule has 0 fully saturated rings. The molecule has 3 rings (SSSR count). The SMILES string of the molecule is Cc1cc(C(=O)Nc2ccc(-c3ccccc3C(F)(F)F)c(CO)c2)ccc1S(=O)(=O)CC(C)(C)C. The summed E-state index contributed by atoms with van der Waals surface area (Å²) in [5.74, 6) is -0.564. The highest BCUT2D eigenvalue weighted by molar-refractivity contribution is 7.91. The molecule has 0 radical (unpaired) electrons. The maximum atomic E-state index is 13.5. The average molecular weight is 520 g/mol. The summed E-state index contributed by atoms with van der Waals surface area (Å²) in [5, 5.41) is 12.5. The quantitative estimate of drug-likeness (QED) is 0.404. The van der Waals surface area contributed by atoms with Crippen LogP contribution in [0.1, 0.15) is 47.8 Å². The molecule has 0 bridgehead atoms. The molecule has 0 aliphatic carbocycles. The Morgan fingerprint density at radius 3 is 2.19 bits per heavy atom. The smallest absolute Gasteiger partial charge is 0.392 e. The molecular formula is C27H28F3NO4S. The molecule has 0 spiro atoms. The Kier molecular flexibility index (Phi) is 7.66. The Hall–Kier alpha value is -3.17. The van der Waals surface area contributed by atoms with Gasteiger partial charge in [0.05, 0.1) is 22.8 Å². The second kappa shape index (κ2) is 10.1. The molecule has 2 N–H and O–H groups in total. The van der Waals surface area contributed by atoms with E-state index in [1.54, 1.807) is 6.92 Å². The van der Waals surface area contributed by atoms with Crippen LogP contribution in [0.3, 0.4) is 0 Å². The van der Waals surface area contributed by atoms with Gasteiger partial charge in [-0.15, -0.1) is 0 Å². The lowest BCUT2D eigenvalue weighted by atomic mass is 9.95. The van der Waals surface area contributed by atoms with Gasteiger partial charge in [0.2, 0.25) is 0 Å². The fourth-order valence-electron chi connectivity index (χ4n) is 4.02. The number of rotatable bonds is 6. The summed E-state index contributed by atoms with van der Waals surface area (Å²) in [7, 11) is -3.54. The van der Waals surface area contributed by atoms with Crippen LogP contribution < -0.4 is 5.32 Å². The number of aryl methyl sites for hydroxylation is 1. The van der Waals surface area contributed by atoms with Gasteiger partial charge in [-0.05, 0) is 71.0 Å². The number of hydrogen-bond donors (Lipinski definition) is 2. The number of nitrogens with one attached hydrogen (secondary N) is 1. The van der Waals surface area contributed by atoms with Crippen molar-refractivity contribution in [3.05, 3.63) is 82.9 Å². The number of aliphatic hydroxyl groups excluding tert-OH is 1. The third kappa shape index (κ3) is 6.33. The number of anilines is 1. The number of carbonyl (C=O) groups is 1. The minimum absolute atomic E-state index is 0.0415. The van der Waals surface area contributed by atoms with Gasteiger partial charge >= 0.3 is 6.18 Å². The van der Waals surface area contributed by atoms with E-state index in [-0.39, 0.29) is 38.6 Å². The largest absolute Gasteiger partial charge is 0.417 e. The van der Waals surface area contributed by atoms with Gasteiger partial charge in [-0.2, -0.15) is 13.2 Å². The molecule has 0 aliphatic rings. The molecule has 0 unspecified atom stereocenters. The molecule has 36 heavy (non-hydrogen) atoms. The normalized spacial score (nSPS) is 12.4. The fourth-order valence-corrected chi connectivity index (χ4v) is 6.14. The molecule has 0 saturated heterocycles. The molecule has 3 aromatic rings. The van der Waals surface area contributed by atoms with Gasteiger partial charge < -0.3 is 10.4 Å². The first-order chi connectivity index (χ1) is 16.6. The second-order valence-electron chi connectivity index (χ2n) is 9.83. The van der Waals surface area contributed by atoms with Crippen molar-refractivity contribution in [2.24, 2.45) is 5.41 Å². The molecule has 9 heteroatoms. The minimum Gasteiger partial charge on any atom is -0.392 e. The van der Waals surface area contributed by atoms with E-state index in [9.17, 15) is 31.5 Å². The number of amides is 1. The lowest BCUT2D eigenvalue weighted by molar-refractivity contribution is -0.137. The van der Waals surface area contributed by atoms with E-state index in [2.05, 4.69) is 5.32 Å². The first-order valence-corrected chi connectivity index (χ1v) is 12.8.